The van der Waals surface area contributed by atoms with Crippen LogP contribution in [0.3, 0.4) is 0 Å². The molecule has 24 heavy (non-hydrogen) atoms. The van der Waals surface area contributed by atoms with Crippen LogP contribution in [0.25, 0.3) is 11.0 Å². The molecule has 0 amide bonds. The van der Waals surface area contributed by atoms with Crippen molar-refractivity contribution in [3.63, 3.8) is 0 Å². The number of hydrogen-bond donors (Lipinski definition) is 0. The molecule has 0 N–H and O–H groups in total. The highest BCUT2D eigenvalue weighted by Gasteiger charge is 2.44. The van der Waals surface area contributed by atoms with Crippen molar-refractivity contribution in [1.82, 2.24) is 0 Å². The van der Waals surface area contributed by atoms with Crippen molar-refractivity contribution >= 4 is 40.2 Å². The second-order valence-corrected chi connectivity index (χ2v) is 8.63. The minimum atomic E-state index is -0.166. The Balaban J connectivity index is 1.95. The van der Waals surface area contributed by atoms with Crippen LogP contribution in [0.4, 0.5) is 0 Å². The zero-order valence-corrected chi connectivity index (χ0v) is 15.8. The van der Waals surface area contributed by atoms with E-state index in [9.17, 15) is 0 Å². The first-order valence-electron chi connectivity index (χ1n) is 8.02. The van der Waals surface area contributed by atoms with Gasteiger partial charge in [0, 0.05) is 16.4 Å². The van der Waals surface area contributed by atoms with E-state index in [0.717, 1.165) is 22.2 Å². The van der Waals surface area contributed by atoms with E-state index < -0.39 is 0 Å². The summed E-state index contributed by atoms with van der Waals surface area (Å²) in [6, 6.07) is 12.3. The summed E-state index contributed by atoms with van der Waals surface area (Å²) in [7, 11) is 0. The van der Waals surface area contributed by atoms with Crippen LogP contribution in [0, 0.1) is 4.71 Å². The average Bonchev–Trinajstić information content (AvgIpc) is 3.01. The molecule has 4 heteroatoms. The van der Waals surface area contributed by atoms with Crippen molar-refractivity contribution in [2.24, 2.45) is 4.99 Å². The molecule has 0 atom stereocenters. The van der Waals surface area contributed by atoms with Crippen LogP contribution in [0.1, 0.15) is 43.7 Å². The molecule has 0 unspecified atom stereocenters. The van der Waals surface area contributed by atoms with Gasteiger partial charge in [-0.05, 0) is 73.4 Å². The Morgan fingerprint density at radius 3 is 2.62 bits per heavy atom. The molecule has 122 valence electrons. The lowest BCUT2D eigenvalue weighted by molar-refractivity contribution is 0.305. The van der Waals surface area contributed by atoms with Crippen molar-refractivity contribution < 1.29 is 4.42 Å². The van der Waals surface area contributed by atoms with Gasteiger partial charge in [-0.25, -0.2) is 0 Å². The van der Waals surface area contributed by atoms with Crippen molar-refractivity contribution in [1.29, 1.82) is 0 Å². The van der Waals surface area contributed by atoms with Gasteiger partial charge >= 0.3 is 0 Å². The molecule has 2 aromatic heterocycles. The minimum Gasteiger partial charge on any atom is -0.445 e. The summed E-state index contributed by atoms with van der Waals surface area (Å²) >= 11 is 6.87. The number of fused-ring (bicyclic) bond motifs is 2. The fourth-order valence-electron chi connectivity index (χ4n) is 3.20. The van der Waals surface area contributed by atoms with Crippen LogP contribution in [-0.2, 0) is 5.41 Å². The molecule has 3 heterocycles. The van der Waals surface area contributed by atoms with Gasteiger partial charge in [0.05, 0.1) is 16.1 Å². The van der Waals surface area contributed by atoms with Gasteiger partial charge in [0.15, 0.2) is 4.71 Å². The quantitative estimate of drug-likeness (QED) is 0.492. The maximum atomic E-state index is 5.61. The highest BCUT2D eigenvalue weighted by molar-refractivity contribution is 7.71. The van der Waals surface area contributed by atoms with Crippen LogP contribution in [-0.4, -0.2) is 11.3 Å². The van der Waals surface area contributed by atoms with Crippen LogP contribution in [0.15, 0.2) is 51.2 Å². The van der Waals surface area contributed by atoms with Crippen molar-refractivity contribution in [3.8, 4) is 0 Å². The van der Waals surface area contributed by atoms with Gasteiger partial charge < -0.3 is 4.42 Å². The van der Waals surface area contributed by atoms with E-state index in [2.05, 4.69) is 51.3 Å². The Kier molecular flexibility index (Phi) is 3.35. The highest BCUT2D eigenvalue weighted by Crippen LogP contribution is 2.45. The standard InChI is InChI=1S/C20H19NOS2/c1-19(2)14-9-10-24-18(14)17(21-20(19,3)4)13-5-7-15-12(11-13)6-8-16(23)22-15/h5-11H,1-4H3. The Morgan fingerprint density at radius 1 is 1.04 bits per heavy atom. The fraction of sp³-hybridized carbons (Fsp3) is 0.300. The predicted molar refractivity (Wildman–Crippen MR) is 104 cm³/mol. The maximum Gasteiger partial charge on any atom is 0.190 e. The molecule has 0 bridgehead atoms. The minimum absolute atomic E-state index is 0.00917. The van der Waals surface area contributed by atoms with E-state index in [1.807, 2.05) is 18.2 Å². The molecule has 3 aromatic rings. The average molecular weight is 354 g/mol. The summed E-state index contributed by atoms with van der Waals surface area (Å²) in [6.07, 6.45) is 0. The third-order valence-electron chi connectivity index (χ3n) is 5.37. The van der Waals surface area contributed by atoms with Gasteiger partial charge in [-0.2, -0.15) is 0 Å². The van der Waals surface area contributed by atoms with Gasteiger partial charge in [0.1, 0.15) is 5.58 Å². The lowest BCUT2D eigenvalue weighted by Gasteiger charge is -2.43. The largest absolute Gasteiger partial charge is 0.445 e. The molecule has 0 radical (unpaired) electrons. The van der Waals surface area contributed by atoms with Crippen LogP contribution < -0.4 is 0 Å². The molecule has 0 fully saturated rings. The van der Waals surface area contributed by atoms with E-state index >= 15 is 0 Å². The number of rotatable bonds is 1. The Bertz CT molecular complexity index is 1040. The van der Waals surface area contributed by atoms with Crippen LogP contribution in [0.2, 0.25) is 0 Å². The molecule has 0 aliphatic carbocycles. The Hall–Kier alpha value is -1.78. The SMILES string of the molecule is CC1(C)N=C(c2ccc3oc(=S)ccc3c2)c2sccc2C1(C)C. The van der Waals surface area contributed by atoms with Crippen molar-refractivity contribution in [3.05, 3.63) is 62.5 Å². The molecule has 2 nitrogen and oxygen atoms in total. The monoisotopic (exact) mass is 353 g/mol. The highest BCUT2D eigenvalue weighted by atomic mass is 32.1. The zero-order valence-electron chi connectivity index (χ0n) is 14.2. The molecule has 0 spiro atoms. The molecular formula is C20H19NOS2. The Labute approximate surface area is 150 Å². The van der Waals surface area contributed by atoms with Crippen molar-refractivity contribution in [2.45, 2.75) is 38.6 Å². The number of aliphatic imine (C=N–C) groups is 1. The Morgan fingerprint density at radius 2 is 1.83 bits per heavy atom. The summed E-state index contributed by atoms with van der Waals surface area (Å²) in [5, 5.41) is 3.22. The summed E-state index contributed by atoms with van der Waals surface area (Å²) in [6.45, 7) is 8.99. The van der Waals surface area contributed by atoms with E-state index in [0.29, 0.717) is 4.71 Å². The third-order valence-corrected chi connectivity index (χ3v) is 6.51. The van der Waals surface area contributed by atoms with Gasteiger partial charge in [-0.1, -0.05) is 13.8 Å². The number of nitrogens with zero attached hydrogens (tertiary/aromatic N) is 1. The molecular weight excluding hydrogens is 334 g/mol. The number of hydrogen-bond acceptors (Lipinski definition) is 4. The molecule has 1 aromatic carbocycles. The number of benzene rings is 1. The lowest BCUT2D eigenvalue weighted by atomic mass is 9.68. The zero-order chi connectivity index (χ0) is 17.1. The van der Waals surface area contributed by atoms with E-state index in [1.165, 1.54) is 10.4 Å². The molecule has 1 aliphatic heterocycles. The number of thiophene rings is 1. The first-order valence-corrected chi connectivity index (χ1v) is 9.31. The summed E-state index contributed by atoms with van der Waals surface area (Å²) < 4.78 is 6.12. The normalized spacial score (nSPS) is 18.2. The predicted octanol–water partition coefficient (Wildman–Crippen LogP) is 6.13. The second kappa shape index (κ2) is 5.11. The fourth-order valence-corrected chi connectivity index (χ4v) is 4.42. The van der Waals surface area contributed by atoms with E-state index in [4.69, 9.17) is 21.6 Å². The van der Waals surface area contributed by atoms with Gasteiger partial charge in [0.25, 0.3) is 0 Å². The van der Waals surface area contributed by atoms with Gasteiger partial charge in [-0.15, -0.1) is 11.3 Å². The molecule has 4 rings (SSSR count). The molecule has 0 saturated heterocycles. The third kappa shape index (κ3) is 2.20. The maximum absolute atomic E-state index is 5.61. The molecule has 0 saturated carbocycles. The summed E-state index contributed by atoms with van der Waals surface area (Å²) in [5.41, 5.74) is 4.24. The summed E-state index contributed by atoms with van der Waals surface area (Å²) in [4.78, 5) is 6.42. The topological polar surface area (TPSA) is 25.5 Å². The molecule has 1 aliphatic rings. The van der Waals surface area contributed by atoms with E-state index in [1.54, 1.807) is 11.3 Å². The van der Waals surface area contributed by atoms with Gasteiger partial charge in [0.2, 0.25) is 0 Å². The first-order chi connectivity index (χ1) is 11.3. The van der Waals surface area contributed by atoms with Crippen molar-refractivity contribution in [2.75, 3.05) is 0 Å². The van der Waals surface area contributed by atoms with Crippen LogP contribution >= 0.6 is 23.6 Å². The first kappa shape index (κ1) is 15.7. The van der Waals surface area contributed by atoms with E-state index in [-0.39, 0.29) is 11.0 Å². The smallest absolute Gasteiger partial charge is 0.190 e. The van der Waals surface area contributed by atoms with Crippen LogP contribution in [0.5, 0.6) is 0 Å². The summed E-state index contributed by atoms with van der Waals surface area (Å²) in [5.74, 6) is 0. The lowest BCUT2D eigenvalue weighted by Crippen LogP contribution is -2.45. The second-order valence-electron chi connectivity index (χ2n) is 7.31. The van der Waals surface area contributed by atoms with Gasteiger partial charge in [-0.3, -0.25) is 4.99 Å².